The van der Waals surface area contributed by atoms with Gasteiger partial charge in [0.25, 0.3) is 0 Å². The Balaban J connectivity index is 1.45. The minimum absolute atomic E-state index is 0.411. The Morgan fingerprint density at radius 3 is 2.00 bits per heavy atom. The van der Waals surface area contributed by atoms with Crippen molar-refractivity contribution in [2.75, 3.05) is 4.90 Å². The molecule has 0 saturated carbocycles. The van der Waals surface area contributed by atoms with Gasteiger partial charge in [-0.1, -0.05) is 77.9 Å². The van der Waals surface area contributed by atoms with Crippen LogP contribution in [0.3, 0.4) is 0 Å². The molecular formula is C38H36BNO3. The second-order valence-electron chi connectivity index (χ2n) is 12.7. The van der Waals surface area contributed by atoms with Crippen LogP contribution in [0.4, 0.5) is 17.1 Å². The number of rotatable bonds is 5. The van der Waals surface area contributed by atoms with E-state index in [0.29, 0.717) is 0 Å². The maximum atomic E-state index is 6.70. The molecule has 1 saturated heterocycles. The van der Waals surface area contributed by atoms with E-state index in [-0.39, 0.29) is 0 Å². The maximum Gasteiger partial charge on any atom is 0.494 e. The van der Waals surface area contributed by atoms with E-state index in [4.69, 9.17) is 13.7 Å². The second-order valence-corrected chi connectivity index (χ2v) is 12.7. The lowest BCUT2D eigenvalue weighted by Gasteiger charge is -2.32. The van der Waals surface area contributed by atoms with Crippen molar-refractivity contribution in [1.82, 2.24) is 0 Å². The van der Waals surface area contributed by atoms with Gasteiger partial charge in [-0.25, -0.2) is 0 Å². The topological polar surface area (TPSA) is 34.8 Å². The van der Waals surface area contributed by atoms with Gasteiger partial charge in [-0.2, -0.15) is 0 Å². The van der Waals surface area contributed by atoms with E-state index >= 15 is 0 Å². The van der Waals surface area contributed by atoms with Crippen LogP contribution in [0.5, 0.6) is 0 Å². The van der Waals surface area contributed by atoms with Gasteiger partial charge < -0.3 is 18.6 Å². The van der Waals surface area contributed by atoms with Crippen LogP contribution in [0.25, 0.3) is 33.1 Å². The summed E-state index contributed by atoms with van der Waals surface area (Å²) in [7, 11) is -0.441. The van der Waals surface area contributed by atoms with Crippen molar-refractivity contribution >= 4 is 51.6 Å². The monoisotopic (exact) mass is 565 g/mol. The normalized spacial score (nSPS) is 15.8. The van der Waals surface area contributed by atoms with E-state index in [1.165, 1.54) is 5.56 Å². The highest BCUT2D eigenvalue weighted by Gasteiger charge is 2.51. The van der Waals surface area contributed by atoms with Gasteiger partial charge in [0, 0.05) is 22.3 Å². The Kier molecular flexibility index (Phi) is 6.49. The molecule has 1 aromatic heterocycles. The Hall–Kier alpha value is -4.32. The first-order chi connectivity index (χ1) is 20.6. The first kappa shape index (κ1) is 27.5. The number of fused-ring (bicyclic) bond motifs is 3. The van der Waals surface area contributed by atoms with E-state index in [2.05, 4.69) is 144 Å². The summed E-state index contributed by atoms with van der Waals surface area (Å²) >= 11 is 0. The molecular weight excluding hydrogens is 529 g/mol. The van der Waals surface area contributed by atoms with Gasteiger partial charge in [0.15, 0.2) is 0 Å². The van der Waals surface area contributed by atoms with Gasteiger partial charge in [0.05, 0.1) is 22.3 Å². The van der Waals surface area contributed by atoms with Crippen molar-refractivity contribution < 1.29 is 13.7 Å². The van der Waals surface area contributed by atoms with Gasteiger partial charge in [0.2, 0.25) is 0 Å². The Morgan fingerprint density at radius 2 is 1.28 bits per heavy atom. The minimum Gasteiger partial charge on any atom is -0.455 e. The third-order valence-corrected chi connectivity index (χ3v) is 8.99. The molecule has 6 aromatic rings. The zero-order chi connectivity index (χ0) is 29.9. The molecule has 214 valence electrons. The van der Waals surface area contributed by atoms with Crippen LogP contribution >= 0.6 is 0 Å². The molecule has 1 fully saturated rings. The van der Waals surface area contributed by atoms with Crippen molar-refractivity contribution in [3.63, 3.8) is 0 Å². The number of para-hydroxylation sites is 2. The first-order valence-corrected chi connectivity index (χ1v) is 14.9. The smallest absolute Gasteiger partial charge is 0.455 e. The van der Waals surface area contributed by atoms with Gasteiger partial charge in [-0.15, -0.1) is 0 Å². The second kappa shape index (κ2) is 10.2. The minimum atomic E-state index is -0.441. The summed E-state index contributed by atoms with van der Waals surface area (Å²) in [5.41, 5.74) is 9.63. The molecule has 0 radical (unpaired) electrons. The van der Waals surface area contributed by atoms with E-state index in [1.54, 1.807) is 0 Å². The molecule has 1 aliphatic rings. The molecule has 43 heavy (non-hydrogen) atoms. The van der Waals surface area contributed by atoms with Crippen LogP contribution in [0.2, 0.25) is 0 Å². The number of hydrogen-bond donors (Lipinski definition) is 0. The lowest BCUT2D eigenvalue weighted by molar-refractivity contribution is 0.00578. The number of furan rings is 1. The molecule has 0 N–H and O–H groups in total. The van der Waals surface area contributed by atoms with Gasteiger partial charge in [0.1, 0.15) is 11.2 Å². The highest BCUT2D eigenvalue weighted by Crippen LogP contribution is 2.46. The maximum absolute atomic E-state index is 6.70. The Bertz CT molecular complexity index is 1940. The molecule has 0 amide bonds. The average Bonchev–Trinajstić information content (AvgIpc) is 3.48. The average molecular weight is 566 g/mol. The zero-order valence-electron chi connectivity index (χ0n) is 25.6. The number of aryl methyl sites for hydroxylation is 2. The third-order valence-electron chi connectivity index (χ3n) is 8.99. The third kappa shape index (κ3) is 4.73. The summed E-state index contributed by atoms with van der Waals surface area (Å²) in [6, 6.07) is 38.5. The summed E-state index contributed by atoms with van der Waals surface area (Å²) in [5, 5.41) is 2.16. The highest BCUT2D eigenvalue weighted by molar-refractivity contribution is 6.62. The number of anilines is 3. The Labute approximate surface area is 254 Å². The van der Waals surface area contributed by atoms with Crippen molar-refractivity contribution in [1.29, 1.82) is 0 Å². The number of nitrogens with zero attached hydrogens (tertiary/aromatic N) is 1. The van der Waals surface area contributed by atoms with Crippen LogP contribution in [0.1, 0.15) is 38.8 Å². The molecule has 4 nitrogen and oxygen atoms in total. The molecule has 1 aliphatic heterocycles. The van der Waals surface area contributed by atoms with Crippen molar-refractivity contribution in [3.8, 4) is 11.1 Å². The molecule has 0 bridgehead atoms. The van der Waals surface area contributed by atoms with E-state index < -0.39 is 18.3 Å². The summed E-state index contributed by atoms with van der Waals surface area (Å²) < 4.78 is 19.6. The van der Waals surface area contributed by atoms with Crippen molar-refractivity contribution in [2.24, 2.45) is 0 Å². The van der Waals surface area contributed by atoms with Crippen molar-refractivity contribution in [3.05, 3.63) is 120 Å². The van der Waals surface area contributed by atoms with E-state index in [9.17, 15) is 0 Å². The lowest BCUT2D eigenvalue weighted by Crippen LogP contribution is -2.41. The Morgan fingerprint density at radius 1 is 0.628 bits per heavy atom. The molecule has 0 spiro atoms. The number of hydrogen-bond acceptors (Lipinski definition) is 4. The van der Waals surface area contributed by atoms with Crippen LogP contribution < -0.4 is 10.4 Å². The fourth-order valence-electron chi connectivity index (χ4n) is 6.01. The molecule has 0 atom stereocenters. The predicted octanol–water partition coefficient (Wildman–Crippen LogP) is 9.64. The lowest BCUT2D eigenvalue weighted by atomic mass is 9.77. The van der Waals surface area contributed by atoms with Crippen LogP contribution in [-0.4, -0.2) is 18.3 Å². The molecule has 5 heteroatoms. The summed E-state index contributed by atoms with van der Waals surface area (Å²) in [6.07, 6.45) is 0. The fraction of sp³-hybridized carbons (Fsp3) is 0.211. The predicted molar refractivity (Wildman–Crippen MR) is 179 cm³/mol. The van der Waals surface area contributed by atoms with Gasteiger partial charge in [-0.05, 0) is 95.0 Å². The quantitative estimate of drug-likeness (QED) is 0.195. The van der Waals surface area contributed by atoms with Crippen LogP contribution in [0, 0.1) is 13.8 Å². The summed E-state index contributed by atoms with van der Waals surface area (Å²) in [6.45, 7) is 12.6. The van der Waals surface area contributed by atoms with Gasteiger partial charge >= 0.3 is 7.12 Å². The number of benzene rings is 5. The zero-order valence-corrected chi connectivity index (χ0v) is 25.6. The SMILES string of the molecule is Cc1ccc(N(c2ccccc2)c2ccc(-c3cc(C)cc(B4OC(C)(C)C(C)(C)O4)c3)c3oc4ccccc4c23)cc1. The van der Waals surface area contributed by atoms with E-state index in [0.717, 1.165) is 61.2 Å². The fourth-order valence-corrected chi connectivity index (χ4v) is 6.01. The molecule has 0 aliphatic carbocycles. The molecule has 7 rings (SSSR count). The van der Waals surface area contributed by atoms with E-state index in [1.807, 2.05) is 12.1 Å². The van der Waals surface area contributed by atoms with Crippen molar-refractivity contribution in [2.45, 2.75) is 52.7 Å². The van der Waals surface area contributed by atoms with Gasteiger partial charge in [-0.3, -0.25) is 0 Å². The highest BCUT2D eigenvalue weighted by atomic mass is 16.7. The molecule has 0 unspecified atom stereocenters. The standard InChI is InChI=1S/C38H36BNO3/c1-25-16-18-30(19-17-25)40(29-12-8-7-9-13-29)33-21-20-31(36-35(33)32-14-10-11-15-34(32)41-36)27-22-26(2)23-28(24-27)39-42-37(3,4)38(5,6)43-39/h7-24H,1-6H3. The van der Waals surface area contributed by atoms with Crippen LogP contribution in [-0.2, 0) is 9.31 Å². The first-order valence-electron chi connectivity index (χ1n) is 14.9. The largest absolute Gasteiger partial charge is 0.494 e. The molecule has 2 heterocycles. The summed E-state index contributed by atoms with van der Waals surface area (Å²) in [4.78, 5) is 2.32. The molecule has 5 aromatic carbocycles. The summed E-state index contributed by atoms with van der Waals surface area (Å²) in [5.74, 6) is 0. The van der Waals surface area contributed by atoms with Crippen LogP contribution in [0.15, 0.2) is 114 Å².